The topological polar surface area (TPSA) is 75.7 Å². The quantitative estimate of drug-likeness (QED) is 0.791. The lowest BCUT2D eigenvalue weighted by molar-refractivity contribution is -0.114. The minimum Gasteiger partial charge on any atom is -0.497 e. The van der Waals surface area contributed by atoms with E-state index in [2.05, 4.69) is 21.2 Å². The summed E-state index contributed by atoms with van der Waals surface area (Å²) in [5.41, 5.74) is 0.931. The molecular formula is C16H17BrN2O4S. The van der Waals surface area contributed by atoms with Crippen LogP contribution in [0.4, 0.5) is 11.4 Å². The molecule has 0 aliphatic heterocycles. The third-order valence-electron chi connectivity index (χ3n) is 3.16. The van der Waals surface area contributed by atoms with Crippen LogP contribution >= 0.6 is 15.9 Å². The molecule has 8 heteroatoms. The Bertz CT molecular complexity index is 839. The third-order valence-corrected chi connectivity index (χ3v) is 4.96. The molecule has 0 heterocycles. The predicted octanol–water partition coefficient (Wildman–Crippen LogP) is 2.86. The van der Waals surface area contributed by atoms with E-state index in [0.717, 1.165) is 10.6 Å². The van der Waals surface area contributed by atoms with Gasteiger partial charge in [0.2, 0.25) is 15.9 Å². The fraction of sp³-hybridized carbons (Fsp3) is 0.188. The second-order valence-corrected chi connectivity index (χ2v) is 7.76. The van der Waals surface area contributed by atoms with Gasteiger partial charge in [-0.25, -0.2) is 8.42 Å². The van der Waals surface area contributed by atoms with Gasteiger partial charge in [0.05, 0.1) is 19.1 Å². The lowest BCUT2D eigenvalue weighted by atomic mass is 10.3. The highest BCUT2D eigenvalue weighted by molar-refractivity contribution is 9.10. The number of nitrogens with one attached hydrogen (secondary N) is 1. The van der Waals surface area contributed by atoms with Crippen LogP contribution in [0.2, 0.25) is 0 Å². The molecule has 0 saturated heterocycles. The van der Waals surface area contributed by atoms with Gasteiger partial charge in [0.25, 0.3) is 0 Å². The van der Waals surface area contributed by atoms with Crippen LogP contribution in [0.1, 0.15) is 0 Å². The van der Waals surface area contributed by atoms with Crippen LogP contribution < -0.4 is 14.4 Å². The Kier molecular flexibility index (Phi) is 5.84. The number of methoxy groups -OCH3 is 1. The maximum Gasteiger partial charge on any atom is 0.245 e. The Balaban J connectivity index is 2.21. The number of halogens is 1. The molecule has 0 radical (unpaired) electrons. The zero-order chi connectivity index (χ0) is 17.7. The standard InChI is InChI=1S/C16H17BrN2O4S/c1-23-13-7-5-6-12(10-13)18-16(20)11-19(24(2,21)22)15-9-4-3-8-14(15)17/h3-10H,11H2,1-2H3,(H,18,20). The van der Waals surface area contributed by atoms with Crippen LogP contribution in [-0.4, -0.2) is 34.2 Å². The number of carbonyl (C=O) groups excluding carboxylic acids is 1. The van der Waals surface area contributed by atoms with Crippen molar-refractivity contribution in [2.45, 2.75) is 0 Å². The number of sulfonamides is 1. The number of hydrogen-bond acceptors (Lipinski definition) is 4. The van der Waals surface area contributed by atoms with Gasteiger partial charge in [0.15, 0.2) is 0 Å². The lowest BCUT2D eigenvalue weighted by Crippen LogP contribution is -2.37. The Morgan fingerprint density at radius 1 is 1.21 bits per heavy atom. The summed E-state index contributed by atoms with van der Waals surface area (Å²) in [6.45, 7) is -0.335. The highest BCUT2D eigenvalue weighted by Gasteiger charge is 2.22. The molecule has 0 fully saturated rings. The molecule has 1 amide bonds. The van der Waals surface area contributed by atoms with E-state index >= 15 is 0 Å². The van der Waals surface area contributed by atoms with Crippen molar-refractivity contribution in [3.8, 4) is 5.75 Å². The second kappa shape index (κ2) is 7.67. The van der Waals surface area contributed by atoms with Gasteiger partial charge in [-0.1, -0.05) is 18.2 Å². The van der Waals surface area contributed by atoms with E-state index in [1.54, 1.807) is 48.5 Å². The molecule has 0 aliphatic rings. The van der Waals surface area contributed by atoms with Crippen molar-refractivity contribution in [1.82, 2.24) is 0 Å². The van der Waals surface area contributed by atoms with Crippen molar-refractivity contribution >= 4 is 43.2 Å². The molecule has 0 spiro atoms. The van der Waals surface area contributed by atoms with Crippen LogP contribution in [0.5, 0.6) is 5.75 Å². The van der Waals surface area contributed by atoms with Gasteiger partial charge >= 0.3 is 0 Å². The number of nitrogens with zero attached hydrogens (tertiary/aromatic N) is 1. The Morgan fingerprint density at radius 3 is 2.54 bits per heavy atom. The molecular weight excluding hydrogens is 396 g/mol. The zero-order valence-electron chi connectivity index (χ0n) is 13.2. The predicted molar refractivity (Wildman–Crippen MR) is 98.0 cm³/mol. The fourth-order valence-electron chi connectivity index (χ4n) is 2.07. The average Bonchev–Trinajstić information content (AvgIpc) is 2.52. The minimum absolute atomic E-state index is 0.335. The summed E-state index contributed by atoms with van der Waals surface area (Å²) >= 11 is 3.31. The van der Waals surface area contributed by atoms with Crippen molar-refractivity contribution in [1.29, 1.82) is 0 Å². The maximum absolute atomic E-state index is 12.3. The monoisotopic (exact) mass is 412 g/mol. The largest absolute Gasteiger partial charge is 0.497 e. The fourth-order valence-corrected chi connectivity index (χ4v) is 3.55. The summed E-state index contributed by atoms with van der Waals surface area (Å²) in [5.74, 6) is 0.142. The van der Waals surface area contributed by atoms with E-state index in [4.69, 9.17) is 4.74 Å². The molecule has 0 unspecified atom stereocenters. The summed E-state index contributed by atoms with van der Waals surface area (Å²) in [6.07, 6.45) is 1.06. The first-order valence-corrected chi connectivity index (χ1v) is 9.61. The van der Waals surface area contributed by atoms with Gasteiger partial charge in [-0.3, -0.25) is 9.10 Å². The van der Waals surface area contributed by atoms with Crippen LogP contribution in [0.25, 0.3) is 0 Å². The lowest BCUT2D eigenvalue weighted by Gasteiger charge is -2.23. The van der Waals surface area contributed by atoms with Gasteiger partial charge in [-0.2, -0.15) is 0 Å². The van der Waals surface area contributed by atoms with Crippen LogP contribution in [0.3, 0.4) is 0 Å². The first-order valence-electron chi connectivity index (χ1n) is 6.97. The number of amides is 1. The summed E-state index contributed by atoms with van der Waals surface area (Å²) < 4.78 is 30.9. The molecule has 0 atom stereocenters. The summed E-state index contributed by atoms with van der Waals surface area (Å²) in [6, 6.07) is 13.7. The van der Waals surface area contributed by atoms with Crippen LogP contribution in [-0.2, 0) is 14.8 Å². The second-order valence-electron chi connectivity index (χ2n) is 5.00. The highest BCUT2D eigenvalue weighted by Crippen LogP contribution is 2.27. The average molecular weight is 413 g/mol. The summed E-state index contributed by atoms with van der Waals surface area (Å²) in [5, 5.41) is 2.67. The van der Waals surface area contributed by atoms with E-state index < -0.39 is 15.9 Å². The number of ether oxygens (including phenoxy) is 1. The van der Waals surface area contributed by atoms with Crippen molar-refractivity contribution in [2.75, 3.05) is 29.5 Å². The van der Waals surface area contributed by atoms with E-state index in [1.165, 1.54) is 7.11 Å². The van der Waals surface area contributed by atoms with Gasteiger partial charge in [0.1, 0.15) is 12.3 Å². The zero-order valence-corrected chi connectivity index (χ0v) is 15.6. The van der Waals surface area contributed by atoms with E-state index in [0.29, 0.717) is 21.6 Å². The van der Waals surface area contributed by atoms with Gasteiger partial charge < -0.3 is 10.1 Å². The van der Waals surface area contributed by atoms with Gasteiger partial charge in [-0.15, -0.1) is 0 Å². The van der Waals surface area contributed by atoms with Crippen molar-refractivity contribution in [3.05, 3.63) is 53.0 Å². The highest BCUT2D eigenvalue weighted by atomic mass is 79.9. The summed E-state index contributed by atoms with van der Waals surface area (Å²) in [4.78, 5) is 12.3. The Morgan fingerprint density at radius 2 is 1.92 bits per heavy atom. The molecule has 2 rings (SSSR count). The number of para-hydroxylation sites is 1. The molecule has 2 aromatic carbocycles. The number of benzene rings is 2. The molecule has 24 heavy (non-hydrogen) atoms. The first kappa shape index (κ1) is 18.3. The molecule has 1 N–H and O–H groups in total. The molecule has 0 bridgehead atoms. The Hall–Kier alpha value is -2.06. The number of rotatable bonds is 6. The van der Waals surface area contributed by atoms with Crippen LogP contribution in [0.15, 0.2) is 53.0 Å². The van der Waals surface area contributed by atoms with E-state index in [1.807, 2.05) is 0 Å². The van der Waals surface area contributed by atoms with Crippen LogP contribution in [0, 0.1) is 0 Å². The van der Waals surface area contributed by atoms with Crippen molar-refractivity contribution in [2.24, 2.45) is 0 Å². The molecule has 6 nitrogen and oxygen atoms in total. The molecule has 2 aromatic rings. The molecule has 0 saturated carbocycles. The van der Waals surface area contributed by atoms with Gasteiger partial charge in [0, 0.05) is 16.2 Å². The third kappa shape index (κ3) is 4.72. The SMILES string of the molecule is COc1cccc(NC(=O)CN(c2ccccc2Br)S(C)(=O)=O)c1. The smallest absolute Gasteiger partial charge is 0.245 e. The van der Waals surface area contributed by atoms with Crippen molar-refractivity contribution < 1.29 is 17.9 Å². The van der Waals surface area contributed by atoms with E-state index in [-0.39, 0.29) is 6.54 Å². The number of hydrogen-bond donors (Lipinski definition) is 1. The molecule has 0 aliphatic carbocycles. The van der Waals surface area contributed by atoms with E-state index in [9.17, 15) is 13.2 Å². The van der Waals surface area contributed by atoms with Crippen molar-refractivity contribution in [3.63, 3.8) is 0 Å². The number of anilines is 2. The normalized spacial score (nSPS) is 11.0. The maximum atomic E-state index is 12.3. The minimum atomic E-state index is -3.62. The Labute approximate surface area is 149 Å². The van der Waals surface area contributed by atoms with Gasteiger partial charge in [-0.05, 0) is 40.2 Å². The molecule has 128 valence electrons. The summed E-state index contributed by atoms with van der Waals surface area (Å²) in [7, 11) is -2.10. The number of carbonyl (C=O) groups is 1. The first-order chi connectivity index (χ1) is 11.3. The molecule has 0 aromatic heterocycles.